The summed E-state index contributed by atoms with van der Waals surface area (Å²) >= 11 is 1.54. The highest BCUT2D eigenvalue weighted by Gasteiger charge is 2.29. The molecule has 2 N–H and O–H groups in total. The molecular formula is C18H15F3N2O2S. The Balaban J connectivity index is 1.66. The third kappa shape index (κ3) is 4.37. The lowest BCUT2D eigenvalue weighted by molar-refractivity contribution is -0.137. The normalized spacial score (nSPS) is 14.2. The number of thioether (sulfide) groups is 1. The van der Waals surface area contributed by atoms with Crippen molar-refractivity contribution in [2.24, 2.45) is 0 Å². The van der Waals surface area contributed by atoms with E-state index in [-0.39, 0.29) is 18.4 Å². The number of carbonyl (C=O) groups excluding carboxylic acids is 2. The van der Waals surface area contributed by atoms with Gasteiger partial charge in [0.15, 0.2) is 0 Å². The summed E-state index contributed by atoms with van der Waals surface area (Å²) in [7, 11) is 0. The van der Waals surface area contributed by atoms with Crippen LogP contribution in [-0.4, -0.2) is 17.6 Å². The van der Waals surface area contributed by atoms with E-state index in [1.807, 2.05) is 0 Å². The molecule has 136 valence electrons. The molecule has 0 aliphatic carbocycles. The van der Waals surface area contributed by atoms with Gasteiger partial charge in [-0.15, -0.1) is 11.8 Å². The van der Waals surface area contributed by atoms with Gasteiger partial charge in [-0.25, -0.2) is 0 Å². The number of rotatable bonds is 3. The summed E-state index contributed by atoms with van der Waals surface area (Å²) in [5, 5.41) is 5.43. The van der Waals surface area contributed by atoms with Gasteiger partial charge in [-0.3, -0.25) is 9.59 Å². The third-order valence-corrected chi connectivity index (χ3v) is 4.91. The Morgan fingerprint density at radius 2 is 1.88 bits per heavy atom. The second kappa shape index (κ2) is 7.41. The molecule has 0 saturated carbocycles. The number of hydrogen-bond acceptors (Lipinski definition) is 3. The van der Waals surface area contributed by atoms with Crippen LogP contribution in [0.1, 0.15) is 27.9 Å². The van der Waals surface area contributed by atoms with Crippen LogP contribution in [0.2, 0.25) is 0 Å². The van der Waals surface area contributed by atoms with Crippen LogP contribution in [0.5, 0.6) is 0 Å². The molecule has 0 saturated heterocycles. The molecule has 0 spiro atoms. The van der Waals surface area contributed by atoms with E-state index >= 15 is 0 Å². The molecule has 0 bridgehead atoms. The molecule has 1 heterocycles. The molecule has 0 fully saturated rings. The van der Waals surface area contributed by atoms with Crippen LogP contribution >= 0.6 is 11.8 Å². The van der Waals surface area contributed by atoms with E-state index in [9.17, 15) is 22.8 Å². The molecule has 3 rings (SSSR count). The molecule has 2 aromatic rings. The summed E-state index contributed by atoms with van der Waals surface area (Å²) in [6, 6.07) is 9.67. The second-order valence-electron chi connectivity index (χ2n) is 5.73. The Morgan fingerprint density at radius 3 is 2.58 bits per heavy atom. The number of fused-ring (bicyclic) bond motifs is 1. The van der Waals surface area contributed by atoms with E-state index in [2.05, 4.69) is 10.6 Å². The lowest BCUT2D eigenvalue weighted by Crippen LogP contribution is -2.23. The standard InChI is InChI=1S/C18H15F3N2O2S/c19-18(20,21)13-4-1-11(2-5-13)10-22-17(25)12-3-6-15-14(9-12)23-16(24)7-8-26-15/h1-6,9H,7-8,10H2,(H,22,25)(H,23,24). The van der Waals surface area contributed by atoms with Crippen molar-refractivity contribution in [3.05, 3.63) is 59.2 Å². The van der Waals surface area contributed by atoms with Gasteiger partial charge in [-0.2, -0.15) is 13.2 Å². The molecule has 0 atom stereocenters. The largest absolute Gasteiger partial charge is 0.416 e. The highest BCUT2D eigenvalue weighted by Crippen LogP contribution is 2.31. The first kappa shape index (κ1) is 18.3. The van der Waals surface area contributed by atoms with E-state index in [0.29, 0.717) is 29.0 Å². The Bertz CT molecular complexity index is 835. The van der Waals surface area contributed by atoms with Gasteiger partial charge in [0.05, 0.1) is 11.3 Å². The Morgan fingerprint density at radius 1 is 1.15 bits per heavy atom. The van der Waals surface area contributed by atoms with E-state index in [0.717, 1.165) is 17.0 Å². The molecule has 0 unspecified atom stereocenters. The molecule has 1 aliphatic heterocycles. The topological polar surface area (TPSA) is 58.2 Å². The Kier molecular flexibility index (Phi) is 5.22. The number of nitrogens with one attached hydrogen (secondary N) is 2. The maximum absolute atomic E-state index is 12.5. The number of amides is 2. The van der Waals surface area contributed by atoms with Gasteiger partial charge in [-0.1, -0.05) is 12.1 Å². The fourth-order valence-electron chi connectivity index (χ4n) is 2.46. The monoisotopic (exact) mass is 380 g/mol. The molecule has 1 aliphatic rings. The summed E-state index contributed by atoms with van der Waals surface area (Å²) in [4.78, 5) is 24.8. The summed E-state index contributed by atoms with van der Waals surface area (Å²) in [6.07, 6.45) is -3.97. The maximum atomic E-state index is 12.5. The van der Waals surface area contributed by atoms with Gasteiger partial charge in [-0.05, 0) is 35.9 Å². The lowest BCUT2D eigenvalue weighted by atomic mass is 10.1. The van der Waals surface area contributed by atoms with Crippen LogP contribution < -0.4 is 10.6 Å². The predicted molar refractivity (Wildman–Crippen MR) is 93.0 cm³/mol. The average molecular weight is 380 g/mol. The Hall–Kier alpha value is -2.48. The summed E-state index contributed by atoms with van der Waals surface area (Å²) < 4.78 is 37.6. The third-order valence-electron chi connectivity index (χ3n) is 3.84. The van der Waals surface area contributed by atoms with Crippen LogP contribution in [0.3, 0.4) is 0 Å². The molecular weight excluding hydrogens is 365 g/mol. The van der Waals surface area contributed by atoms with Crippen LogP contribution in [0.25, 0.3) is 0 Å². The minimum Gasteiger partial charge on any atom is -0.348 e. The van der Waals surface area contributed by atoms with Gasteiger partial charge in [0.2, 0.25) is 5.91 Å². The molecule has 26 heavy (non-hydrogen) atoms. The van der Waals surface area contributed by atoms with Crippen molar-refractivity contribution in [3.63, 3.8) is 0 Å². The zero-order valence-corrected chi connectivity index (χ0v) is 14.3. The first-order valence-electron chi connectivity index (χ1n) is 7.84. The first-order chi connectivity index (χ1) is 12.3. The summed E-state index contributed by atoms with van der Waals surface area (Å²) in [5.74, 6) is 0.216. The fourth-order valence-corrected chi connectivity index (χ4v) is 3.39. The van der Waals surface area contributed by atoms with E-state index in [4.69, 9.17) is 0 Å². The quantitative estimate of drug-likeness (QED) is 0.844. The SMILES string of the molecule is O=C1CCSc2ccc(C(=O)NCc3ccc(C(F)(F)F)cc3)cc2N1. The molecule has 0 aromatic heterocycles. The minimum atomic E-state index is -4.38. The Labute approximate surface area is 152 Å². The highest BCUT2D eigenvalue weighted by atomic mass is 32.2. The highest BCUT2D eigenvalue weighted by molar-refractivity contribution is 7.99. The number of carbonyl (C=O) groups is 2. The van der Waals surface area contributed by atoms with Gasteiger partial charge in [0.25, 0.3) is 5.91 Å². The van der Waals surface area contributed by atoms with Crippen LogP contribution in [-0.2, 0) is 17.5 Å². The molecule has 2 aromatic carbocycles. The molecule has 2 amide bonds. The van der Waals surface area contributed by atoms with Crippen molar-refractivity contribution in [1.29, 1.82) is 0 Å². The molecule has 0 radical (unpaired) electrons. The maximum Gasteiger partial charge on any atom is 0.416 e. The zero-order chi connectivity index (χ0) is 18.7. The van der Waals surface area contributed by atoms with Crippen molar-refractivity contribution in [2.45, 2.75) is 24.0 Å². The van der Waals surface area contributed by atoms with Crippen LogP contribution in [0, 0.1) is 0 Å². The number of alkyl halides is 3. The van der Waals surface area contributed by atoms with Crippen LogP contribution in [0.4, 0.5) is 18.9 Å². The van der Waals surface area contributed by atoms with Crippen molar-refractivity contribution in [2.75, 3.05) is 11.1 Å². The average Bonchev–Trinajstić information content (AvgIpc) is 2.79. The van der Waals surface area contributed by atoms with Gasteiger partial charge >= 0.3 is 6.18 Å². The summed E-state index contributed by atoms with van der Waals surface area (Å²) in [6.45, 7) is 0.106. The van der Waals surface area contributed by atoms with Crippen molar-refractivity contribution < 1.29 is 22.8 Å². The smallest absolute Gasteiger partial charge is 0.348 e. The fraction of sp³-hybridized carbons (Fsp3) is 0.222. The van der Waals surface area contributed by atoms with Gasteiger partial charge < -0.3 is 10.6 Å². The lowest BCUT2D eigenvalue weighted by Gasteiger charge is -2.10. The van der Waals surface area contributed by atoms with Crippen molar-refractivity contribution in [1.82, 2.24) is 5.32 Å². The van der Waals surface area contributed by atoms with Gasteiger partial charge in [0, 0.05) is 29.2 Å². The van der Waals surface area contributed by atoms with Crippen molar-refractivity contribution in [3.8, 4) is 0 Å². The number of anilines is 1. The first-order valence-corrected chi connectivity index (χ1v) is 8.82. The number of halogens is 3. The van der Waals surface area contributed by atoms with E-state index in [1.165, 1.54) is 12.1 Å². The minimum absolute atomic E-state index is 0.0986. The summed E-state index contributed by atoms with van der Waals surface area (Å²) in [5.41, 5.74) is 0.801. The van der Waals surface area contributed by atoms with E-state index in [1.54, 1.807) is 30.0 Å². The van der Waals surface area contributed by atoms with E-state index < -0.39 is 11.7 Å². The van der Waals surface area contributed by atoms with Crippen molar-refractivity contribution >= 4 is 29.3 Å². The predicted octanol–water partition coefficient (Wildman–Crippen LogP) is 4.07. The van der Waals surface area contributed by atoms with Gasteiger partial charge in [0.1, 0.15) is 0 Å². The number of benzene rings is 2. The molecule has 8 heteroatoms. The second-order valence-corrected chi connectivity index (χ2v) is 6.87. The molecule has 4 nitrogen and oxygen atoms in total. The number of hydrogen-bond donors (Lipinski definition) is 2. The zero-order valence-electron chi connectivity index (χ0n) is 13.5. The van der Waals surface area contributed by atoms with Crippen LogP contribution in [0.15, 0.2) is 47.4 Å².